The molecule has 3 aromatic rings. The van der Waals surface area contributed by atoms with Crippen LogP contribution < -0.4 is 5.73 Å². The maximum Gasteiger partial charge on any atom is 0.0314 e. The summed E-state index contributed by atoms with van der Waals surface area (Å²) in [6.07, 6.45) is 15.7. The lowest BCUT2D eigenvalue weighted by Crippen LogP contribution is -2.15. The second-order valence-electron chi connectivity index (χ2n) is 10.6. The Morgan fingerprint density at radius 3 is 1.82 bits per heavy atom. The molecule has 2 N–H and O–H groups in total. The van der Waals surface area contributed by atoms with Gasteiger partial charge in [0.1, 0.15) is 0 Å². The smallest absolute Gasteiger partial charge is 0.0314 e. The number of benzene rings is 3. The summed E-state index contributed by atoms with van der Waals surface area (Å²) in [7, 11) is 0. The van der Waals surface area contributed by atoms with Gasteiger partial charge in [-0.25, -0.2) is 0 Å². The molecular formula is C33H43N. The Kier molecular flexibility index (Phi) is 9.25. The largest absolute Gasteiger partial charge is 0.399 e. The van der Waals surface area contributed by atoms with Crippen LogP contribution in [0.3, 0.4) is 0 Å². The summed E-state index contributed by atoms with van der Waals surface area (Å²) >= 11 is 0. The Bertz CT molecular complexity index is 961. The van der Waals surface area contributed by atoms with Crippen molar-refractivity contribution in [3.8, 4) is 0 Å². The van der Waals surface area contributed by atoms with Gasteiger partial charge < -0.3 is 5.73 Å². The highest BCUT2D eigenvalue weighted by atomic mass is 14.5. The van der Waals surface area contributed by atoms with Crippen LogP contribution >= 0.6 is 0 Å². The van der Waals surface area contributed by atoms with Gasteiger partial charge in [0.2, 0.25) is 0 Å². The molecule has 0 aromatic heterocycles. The van der Waals surface area contributed by atoms with Gasteiger partial charge in [0.25, 0.3) is 0 Å². The Morgan fingerprint density at radius 2 is 1.18 bits per heavy atom. The molecule has 1 saturated carbocycles. The first-order valence-electron chi connectivity index (χ1n) is 13.7. The number of hydrogen-bond acceptors (Lipinski definition) is 1. The summed E-state index contributed by atoms with van der Waals surface area (Å²) in [5, 5.41) is 0. The van der Waals surface area contributed by atoms with Crippen molar-refractivity contribution in [2.45, 2.75) is 89.9 Å². The van der Waals surface area contributed by atoms with Crippen LogP contribution in [0.15, 0.2) is 72.8 Å². The first-order valence-corrected chi connectivity index (χ1v) is 13.7. The fourth-order valence-electron chi connectivity index (χ4n) is 5.59. The number of anilines is 1. The van der Waals surface area contributed by atoms with Gasteiger partial charge >= 0.3 is 0 Å². The molecule has 4 rings (SSSR count). The molecule has 1 aliphatic carbocycles. The Hall–Kier alpha value is -2.54. The van der Waals surface area contributed by atoms with Crippen LogP contribution in [0, 0.1) is 5.92 Å². The molecule has 0 aliphatic heterocycles. The van der Waals surface area contributed by atoms with Crippen molar-refractivity contribution in [1.82, 2.24) is 0 Å². The third-order valence-electron chi connectivity index (χ3n) is 7.80. The molecule has 0 radical (unpaired) electrons. The van der Waals surface area contributed by atoms with E-state index in [0.717, 1.165) is 23.9 Å². The minimum atomic E-state index is 0.733. The molecular weight excluding hydrogens is 410 g/mol. The summed E-state index contributed by atoms with van der Waals surface area (Å²) in [6, 6.07) is 27.2. The van der Waals surface area contributed by atoms with Crippen molar-refractivity contribution in [3.05, 3.63) is 101 Å². The van der Waals surface area contributed by atoms with Crippen LogP contribution in [-0.2, 0) is 19.3 Å². The Morgan fingerprint density at radius 1 is 0.618 bits per heavy atom. The fraction of sp³-hybridized carbons (Fsp3) is 0.455. The summed E-state index contributed by atoms with van der Waals surface area (Å²) in [5.41, 5.74) is 13.9. The molecule has 0 unspecified atom stereocenters. The average Bonchev–Trinajstić information content (AvgIpc) is 2.87. The van der Waals surface area contributed by atoms with Crippen LogP contribution in [0.1, 0.15) is 98.4 Å². The van der Waals surface area contributed by atoms with E-state index in [1.807, 2.05) is 12.1 Å². The van der Waals surface area contributed by atoms with Crippen molar-refractivity contribution in [1.29, 1.82) is 0 Å². The van der Waals surface area contributed by atoms with Gasteiger partial charge in [0.15, 0.2) is 0 Å². The predicted molar refractivity (Wildman–Crippen MR) is 147 cm³/mol. The van der Waals surface area contributed by atoms with Crippen LogP contribution in [-0.4, -0.2) is 0 Å². The van der Waals surface area contributed by atoms with E-state index >= 15 is 0 Å². The first-order chi connectivity index (χ1) is 16.7. The molecule has 0 bridgehead atoms. The monoisotopic (exact) mass is 453 g/mol. The van der Waals surface area contributed by atoms with Gasteiger partial charge in [-0.15, -0.1) is 0 Å². The van der Waals surface area contributed by atoms with Crippen molar-refractivity contribution < 1.29 is 0 Å². The zero-order valence-electron chi connectivity index (χ0n) is 21.1. The quantitative estimate of drug-likeness (QED) is 0.228. The third kappa shape index (κ3) is 7.49. The van der Waals surface area contributed by atoms with Gasteiger partial charge in [0.05, 0.1) is 0 Å². The van der Waals surface area contributed by atoms with Crippen LogP contribution in [0.2, 0.25) is 0 Å². The molecule has 1 aliphatic rings. The molecule has 1 nitrogen and oxygen atoms in total. The number of unbranched alkanes of at least 4 members (excludes halogenated alkanes) is 4. The lowest BCUT2D eigenvalue weighted by molar-refractivity contribution is 0.324. The second-order valence-corrected chi connectivity index (χ2v) is 10.6. The van der Waals surface area contributed by atoms with Gasteiger partial charge in [-0.1, -0.05) is 93.3 Å². The van der Waals surface area contributed by atoms with E-state index in [2.05, 4.69) is 67.6 Å². The average molecular weight is 454 g/mol. The normalized spacial score (nSPS) is 18.1. The Balaban J connectivity index is 1.20. The summed E-state index contributed by atoms with van der Waals surface area (Å²) in [4.78, 5) is 0. The molecule has 0 atom stereocenters. The molecule has 180 valence electrons. The fourth-order valence-corrected chi connectivity index (χ4v) is 5.59. The van der Waals surface area contributed by atoms with E-state index < -0.39 is 0 Å². The maximum atomic E-state index is 5.81. The second kappa shape index (κ2) is 12.8. The van der Waals surface area contributed by atoms with E-state index in [1.54, 1.807) is 0 Å². The molecule has 34 heavy (non-hydrogen) atoms. The number of nitrogen functional groups attached to an aromatic ring is 1. The summed E-state index contributed by atoms with van der Waals surface area (Å²) in [6.45, 7) is 2.28. The van der Waals surface area contributed by atoms with E-state index in [-0.39, 0.29) is 0 Å². The lowest BCUT2D eigenvalue weighted by atomic mass is 9.76. The third-order valence-corrected chi connectivity index (χ3v) is 7.80. The number of rotatable bonds is 11. The van der Waals surface area contributed by atoms with E-state index in [4.69, 9.17) is 5.73 Å². The first kappa shape index (κ1) is 24.6. The van der Waals surface area contributed by atoms with Gasteiger partial charge in [-0.2, -0.15) is 0 Å². The summed E-state index contributed by atoms with van der Waals surface area (Å²) < 4.78 is 0. The minimum Gasteiger partial charge on any atom is -0.399 e. The topological polar surface area (TPSA) is 26.0 Å². The van der Waals surface area contributed by atoms with Crippen molar-refractivity contribution in [3.63, 3.8) is 0 Å². The molecule has 3 aromatic carbocycles. The highest BCUT2D eigenvalue weighted by molar-refractivity contribution is 5.41. The molecule has 1 heteroatoms. The predicted octanol–water partition coefficient (Wildman–Crippen LogP) is 8.89. The van der Waals surface area contributed by atoms with Crippen LogP contribution in [0.5, 0.6) is 0 Å². The van der Waals surface area contributed by atoms with Crippen LogP contribution in [0.25, 0.3) is 0 Å². The van der Waals surface area contributed by atoms with Gasteiger partial charge in [0, 0.05) is 5.69 Å². The lowest BCUT2D eigenvalue weighted by Gasteiger charge is -2.29. The van der Waals surface area contributed by atoms with Gasteiger partial charge in [-0.3, -0.25) is 0 Å². The minimum absolute atomic E-state index is 0.733. The number of aryl methyl sites for hydroxylation is 1. The highest BCUT2D eigenvalue weighted by Gasteiger charge is 2.22. The van der Waals surface area contributed by atoms with E-state index in [9.17, 15) is 0 Å². The molecule has 0 heterocycles. The van der Waals surface area contributed by atoms with Crippen molar-refractivity contribution in [2.75, 3.05) is 5.73 Å². The number of hydrogen-bond donors (Lipinski definition) is 1. The van der Waals surface area contributed by atoms with Crippen molar-refractivity contribution >= 4 is 5.69 Å². The zero-order valence-corrected chi connectivity index (χ0v) is 21.1. The summed E-state index contributed by atoms with van der Waals surface area (Å²) in [5.74, 6) is 1.58. The molecule has 0 saturated heterocycles. The van der Waals surface area contributed by atoms with Gasteiger partial charge in [-0.05, 0) is 103 Å². The molecule has 0 amide bonds. The standard InChI is InChI=1S/C33H43N/c1-2-3-4-5-6-7-26-8-10-27(11-9-26)24-28-12-18-31(19-13-28)32-20-14-29(15-21-32)25-30-16-22-33(34)23-17-30/h8-11,14-17,20-23,28,31H,2-7,12-13,18-19,24-25,34H2,1H3. The van der Waals surface area contributed by atoms with E-state index in [0.29, 0.717) is 0 Å². The number of nitrogens with two attached hydrogens (primary N) is 1. The van der Waals surface area contributed by atoms with Crippen molar-refractivity contribution in [2.24, 2.45) is 5.92 Å². The maximum absolute atomic E-state index is 5.81. The van der Waals surface area contributed by atoms with E-state index in [1.165, 1.54) is 98.4 Å². The molecule has 0 spiro atoms. The zero-order chi connectivity index (χ0) is 23.6. The highest BCUT2D eigenvalue weighted by Crippen LogP contribution is 2.37. The molecule has 1 fully saturated rings. The van der Waals surface area contributed by atoms with Crippen LogP contribution in [0.4, 0.5) is 5.69 Å². The SMILES string of the molecule is CCCCCCCc1ccc(CC2CCC(c3ccc(Cc4ccc(N)cc4)cc3)CC2)cc1. The Labute approximate surface area is 207 Å².